The van der Waals surface area contributed by atoms with Gasteiger partial charge in [-0.2, -0.15) is 0 Å². The monoisotopic (exact) mass is 573 g/mol. The summed E-state index contributed by atoms with van der Waals surface area (Å²) in [6.07, 6.45) is 3.83. The van der Waals surface area contributed by atoms with Crippen molar-refractivity contribution < 1.29 is 9.47 Å². The number of benzene rings is 1. The number of nitrogens with one attached hydrogen (secondary N) is 2. The first kappa shape index (κ1) is 28.1. The fraction of sp³-hybridized carbons (Fsp3) is 0.720. The topological polar surface area (TPSA) is 61.4 Å². The molecule has 0 amide bonds. The summed E-state index contributed by atoms with van der Waals surface area (Å²) in [7, 11) is 0. The third kappa shape index (κ3) is 11.2. The van der Waals surface area contributed by atoms with E-state index in [1.807, 2.05) is 6.07 Å². The Morgan fingerprint density at radius 3 is 2.61 bits per heavy atom. The second-order valence-electron chi connectivity index (χ2n) is 8.95. The Labute approximate surface area is 217 Å². The summed E-state index contributed by atoms with van der Waals surface area (Å²) in [5.41, 5.74) is 1.16. The van der Waals surface area contributed by atoms with E-state index in [1.54, 1.807) is 0 Å². The molecular weight excluding hydrogens is 529 g/mol. The Kier molecular flexibility index (Phi) is 14.1. The van der Waals surface area contributed by atoms with Gasteiger partial charge in [0, 0.05) is 32.7 Å². The number of ether oxygens (including phenoxy) is 2. The van der Waals surface area contributed by atoms with E-state index in [0.717, 1.165) is 75.5 Å². The number of hydrogen-bond donors (Lipinski definition) is 2. The molecule has 1 aromatic carbocycles. The van der Waals surface area contributed by atoms with Crippen molar-refractivity contribution in [3.63, 3.8) is 0 Å². The van der Waals surface area contributed by atoms with Crippen molar-refractivity contribution >= 4 is 29.9 Å². The molecule has 3 rings (SSSR count). The molecule has 2 N–H and O–H groups in total. The van der Waals surface area contributed by atoms with E-state index in [2.05, 4.69) is 52.5 Å². The zero-order chi connectivity index (χ0) is 22.4. The summed E-state index contributed by atoms with van der Waals surface area (Å²) in [5, 5.41) is 6.85. The highest BCUT2D eigenvalue weighted by Crippen LogP contribution is 2.16. The summed E-state index contributed by atoms with van der Waals surface area (Å²) in [6.45, 7) is 15.9. The number of aliphatic imine (C=N–C) groups is 1. The number of piperidine rings is 1. The van der Waals surface area contributed by atoms with Crippen molar-refractivity contribution in [3.05, 3.63) is 29.8 Å². The van der Waals surface area contributed by atoms with Gasteiger partial charge in [-0.3, -0.25) is 4.90 Å². The molecule has 2 heterocycles. The first-order chi connectivity index (χ1) is 15.7. The van der Waals surface area contributed by atoms with Crippen molar-refractivity contribution in [2.75, 3.05) is 72.2 Å². The Balaban J connectivity index is 0.00000385. The lowest BCUT2D eigenvalue weighted by molar-refractivity contribution is 0.0322. The molecule has 0 bridgehead atoms. The van der Waals surface area contributed by atoms with Gasteiger partial charge in [-0.05, 0) is 69.4 Å². The van der Waals surface area contributed by atoms with E-state index in [1.165, 1.54) is 32.5 Å². The fourth-order valence-corrected chi connectivity index (χ4v) is 4.16. The second-order valence-corrected chi connectivity index (χ2v) is 8.95. The first-order valence-corrected chi connectivity index (χ1v) is 12.5. The van der Waals surface area contributed by atoms with Crippen LogP contribution in [0.25, 0.3) is 0 Å². The second kappa shape index (κ2) is 16.5. The van der Waals surface area contributed by atoms with Gasteiger partial charge in [-0.15, -0.1) is 24.0 Å². The summed E-state index contributed by atoms with van der Waals surface area (Å²) < 4.78 is 11.4. The van der Waals surface area contributed by atoms with E-state index in [-0.39, 0.29) is 24.0 Å². The van der Waals surface area contributed by atoms with Gasteiger partial charge >= 0.3 is 0 Å². The van der Waals surface area contributed by atoms with Crippen LogP contribution in [-0.4, -0.2) is 87.9 Å². The molecule has 2 saturated heterocycles. The van der Waals surface area contributed by atoms with Crippen molar-refractivity contribution in [1.82, 2.24) is 20.4 Å². The number of morpholine rings is 1. The average molecular weight is 574 g/mol. The predicted molar refractivity (Wildman–Crippen MR) is 147 cm³/mol. The molecule has 0 spiro atoms. The van der Waals surface area contributed by atoms with Gasteiger partial charge in [0.15, 0.2) is 5.96 Å². The summed E-state index contributed by atoms with van der Waals surface area (Å²) >= 11 is 0. The molecule has 7 nitrogen and oxygen atoms in total. The Bertz CT molecular complexity index is 677. The molecule has 0 unspecified atom stereocenters. The highest BCUT2D eigenvalue weighted by molar-refractivity contribution is 14.0. The van der Waals surface area contributed by atoms with Crippen LogP contribution in [0, 0.1) is 5.92 Å². The third-order valence-electron chi connectivity index (χ3n) is 6.26. The molecule has 0 atom stereocenters. The van der Waals surface area contributed by atoms with E-state index < -0.39 is 0 Å². The highest BCUT2D eigenvalue weighted by Gasteiger charge is 2.14. The number of likely N-dealkylation sites (tertiary alicyclic amines) is 1. The van der Waals surface area contributed by atoms with Gasteiger partial charge in [0.2, 0.25) is 0 Å². The molecule has 8 heteroatoms. The van der Waals surface area contributed by atoms with Crippen LogP contribution in [0.4, 0.5) is 0 Å². The number of nitrogens with zero attached hydrogens (tertiary/aromatic N) is 3. The zero-order valence-electron chi connectivity index (χ0n) is 20.6. The van der Waals surface area contributed by atoms with Gasteiger partial charge in [0.25, 0.3) is 0 Å². The molecule has 0 aliphatic carbocycles. The SMILES string of the molecule is CCNC(=NCc1cccc(OCCN2CCOCC2)c1)NCCCN1CCC(C)CC1.I. The molecule has 0 aromatic heterocycles. The summed E-state index contributed by atoms with van der Waals surface area (Å²) in [5.74, 6) is 2.70. The van der Waals surface area contributed by atoms with Gasteiger partial charge in [0.1, 0.15) is 12.4 Å². The minimum absolute atomic E-state index is 0. The van der Waals surface area contributed by atoms with Crippen LogP contribution < -0.4 is 15.4 Å². The fourth-order valence-electron chi connectivity index (χ4n) is 4.16. The van der Waals surface area contributed by atoms with Crippen LogP contribution >= 0.6 is 24.0 Å². The van der Waals surface area contributed by atoms with Crippen LogP contribution in [0.15, 0.2) is 29.3 Å². The highest BCUT2D eigenvalue weighted by atomic mass is 127. The molecule has 2 aliphatic rings. The maximum absolute atomic E-state index is 5.98. The number of halogens is 1. The van der Waals surface area contributed by atoms with Gasteiger partial charge in [-0.25, -0.2) is 4.99 Å². The van der Waals surface area contributed by atoms with Gasteiger partial charge in [0.05, 0.1) is 19.8 Å². The number of hydrogen-bond acceptors (Lipinski definition) is 5. The quantitative estimate of drug-likeness (QED) is 0.184. The molecule has 0 saturated carbocycles. The molecule has 2 aliphatic heterocycles. The maximum atomic E-state index is 5.98. The molecule has 33 heavy (non-hydrogen) atoms. The van der Waals surface area contributed by atoms with Crippen molar-refractivity contribution in [3.8, 4) is 5.75 Å². The third-order valence-corrected chi connectivity index (χ3v) is 6.26. The summed E-state index contributed by atoms with van der Waals surface area (Å²) in [6, 6.07) is 8.29. The molecular formula is C25H44IN5O2. The molecule has 2 fully saturated rings. The van der Waals surface area contributed by atoms with E-state index >= 15 is 0 Å². The van der Waals surface area contributed by atoms with Crippen LogP contribution in [-0.2, 0) is 11.3 Å². The van der Waals surface area contributed by atoms with E-state index in [0.29, 0.717) is 13.2 Å². The predicted octanol–water partition coefficient (Wildman–Crippen LogP) is 3.19. The maximum Gasteiger partial charge on any atom is 0.191 e. The molecule has 0 radical (unpaired) electrons. The molecule has 188 valence electrons. The van der Waals surface area contributed by atoms with Crippen molar-refractivity contribution in [2.24, 2.45) is 10.9 Å². The summed E-state index contributed by atoms with van der Waals surface area (Å²) in [4.78, 5) is 9.76. The number of guanidine groups is 1. The van der Waals surface area contributed by atoms with Crippen molar-refractivity contribution in [1.29, 1.82) is 0 Å². The zero-order valence-corrected chi connectivity index (χ0v) is 22.9. The largest absolute Gasteiger partial charge is 0.492 e. The van der Waals surface area contributed by atoms with Crippen LogP contribution in [0.3, 0.4) is 0 Å². The average Bonchev–Trinajstić information content (AvgIpc) is 2.82. The lowest BCUT2D eigenvalue weighted by Crippen LogP contribution is -2.39. The Hall–Kier alpha value is -1.10. The Morgan fingerprint density at radius 2 is 1.85 bits per heavy atom. The van der Waals surface area contributed by atoms with Crippen LogP contribution in [0.5, 0.6) is 5.75 Å². The normalized spacial score (nSPS) is 18.5. The van der Waals surface area contributed by atoms with Gasteiger partial charge < -0.3 is 25.0 Å². The minimum atomic E-state index is 0. The number of rotatable bonds is 11. The lowest BCUT2D eigenvalue weighted by atomic mass is 9.99. The van der Waals surface area contributed by atoms with Crippen LogP contribution in [0.2, 0.25) is 0 Å². The smallest absolute Gasteiger partial charge is 0.191 e. The van der Waals surface area contributed by atoms with Crippen LogP contribution in [0.1, 0.15) is 38.7 Å². The van der Waals surface area contributed by atoms with Gasteiger partial charge in [-0.1, -0.05) is 19.1 Å². The Morgan fingerprint density at radius 1 is 1.09 bits per heavy atom. The van der Waals surface area contributed by atoms with E-state index in [4.69, 9.17) is 14.5 Å². The lowest BCUT2D eigenvalue weighted by Gasteiger charge is -2.30. The van der Waals surface area contributed by atoms with E-state index in [9.17, 15) is 0 Å². The first-order valence-electron chi connectivity index (χ1n) is 12.5. The minimum Gasteiger partial charge on any atom is -0.492 e. The standard InChI is InChI=1S/C25H43N5O2.HI/c1-3-26-25(27-10-5-11-29-12-8-22(2)9-13-29)28-21-23-6-4-7-24(20-23)32-19-16-30-14-17-31-18-15-30;/h4,6-7,20,22H,3,5,8-19,21H2,1-2H3,(H2,26,27,28);1H. The van der Waals surface area contributed by atoms with Crippen molar-refractivity contribution in [2.45, 2.75) is 39.7 Å². The molecule has 1 aromatic rings.